The van der Waals surface area contributed by atoms with E-state index in [2.05, 4.69) is 21.8 Å². The molecule has 0 bridgehead atoms. The summed E-state index contributed by atoms with van der Waals surface area (Å²) >= 11 is 0. The summed E-state index contributed by atoms with van der Waals surface area (Å²) in [7, 11) is 0. The van der Waals surface area contributed by atoms with Gasteiger partial charge in [-0.15, -0.1) is 0 Å². The molecule has 0 amide bonds. The molecule has 2 rings (SSSR count). The smallest absolute Gasteiger partial charge is 0.132 e. The Balaban J connectivity index is 2.08. The predicted octanol–water partition coefficient (Wildman–Crippen LogP) is 2.02. The number of aryl methyl sites for hydroxylation is 1. The van der Waals surface area contributed by atoms with Crippen molar-refractivity contribution >= 4 is 5.82 Å². The van der Waals surface area contributed by atoms with Crippen molar-refractivity contribution in [3.05, 3.63) is 18.1 Å². The standard InChI is InChI=1S/C11H17N3/c1-9-4-7-14(8-5-9)11-3-6-12-10(2)13-11/h3,6,9H,4-5,7-8H2,1-2H3. The molecule has 1 aliphatic rings. The zero-order valence-corrected chi connectivity index (χ0v) is 8.90. The molecule has 0 aliphatic carbocycles. The molecule has 0 aromatic carbocycles. The molecule has 1 fully saturated rings. The molecule has 3 nitrogen and oxygen atoms in total. The molecule has 2 heterocycles. The average molecular weight is 191 g/mol. The van der Waals surface area contributed by atoms with Gasteiger partial charge in [0.05, 0.1) is 0 Å². The number of rotatable bonds is 1. The fraction of sp³-hybridized carbons (Fsp3) is 0.636. The molecular formula is C11H17N3. The van der Waals surface area contributed by atoms with Crippen LogP contribution < -0.4 is 4.90 Å². The second kappa shape index (κ2) is 3.95. The van der Waals surface area contributed by atoms with E-state index in [1.54, 1.807) is 0 Å². The number of aromatic nitrogens is 2. The highest BCUT2D eigenvalue weighted by atomic mass is 15.2. The monoisotopic (exact) mass is 191 g/mol. The largest absolute Gasteiger partial charge is 0.356 e. The van der Waals surface area contributed by atoms with Crippen molar-refractivity contribution in [3.8, 4) is 0 Å². The molecule has 76 valence electrons. The highest BCUT2D eigenvalue weighted by Crippen LogP contribution is 2.20. The van der Waals surface area contributed by atoms with Crippen LogP contribution in [0.2, 0.25) is 0 Å². The van der Waals surface area contributed by atoms with Crippen LogP contribution in [0, 0.1) is 12.8 Å². The molecular weight excluding hydrogens is 174 g/mol. The Labute approximate surface area is 85.2 Å². The van der Waals surface area contributed by atoms with Crippen LogP contribution in [0.4, 0.5) is 5.82 Å². The summed E-state index contributed by atoms with van der Waals surface area (Å²) in [4.78, 5) is 10.9. The lowest BCUT2D eigenvalue weighted by Crippen LogP contribution is -2.33. The van der Waals surface area contributed by atoms with Gasteiger partial charge in [-0.05, 0) is 31.7 Å². The molecule has 0 unspecified atom stereocenters. The maximum absolute atomic E-state index is 4.44. The summed E-state index contributed by atoms with van der Waals surface area (Å²) in [5.74, 6) is 2.82. The zero-order chi connectivity index (χ0) is 9.97. The molecule has 0 radical (unpaired) electrons. The van der Waals surface area contributed by atoms with Gasteiger partial charge in [0.1, 0.15) is 11.6 Å². The van der Waals surface area contributed by atoms with Crippen LogP contribution in [0.1, 0.15) is 25.6 Å². The van der Waals surface area contributed by atoms with E-state index in [-0.39, 0.29) is 0 Å². The van der Waals surface area contributed by atoms with Crippen LogP contribution in [-0.4, -0.2) is 23.1 Å². The first-order valence-corrected chi connectivity index (χ1v) is 5.30. The predicted molar refractivity (Wildman–Crippen MR) is 57.4 cm³/mol. The number of piperidine rings is 1. The van der Waals surface area contributed by atoms with Crippen molar-refractivity contribution < 1.29 is 0 Å². The Morgan fingerprint density at radius 2 is 2.07 bits per heavy atom. The summed E-state index contributed by atoms with van der Waals surface area (Å²) in [6, 6.07) is 2.00. The van der Waals surface area contributed by atoms with E-state index >= 15 is 0 Å². The SMILES string of the molecule is Cc1nccc(N2CCC(C)CC2)n1. The molecule has 1 aliphatic heterocycles. The van der Waals surface area contributed by atoms with Crippen LogP contribution in [0.15, 0.2) is 12.3 Å². The first kappa shape index (κ1) is 9.44. The second-order valence-corrected chi connectivity index (χ2v) is 4.13. The molecule has 3 heteroatoms. The maximum atomic E-state index is 4.44. The lowest BCUT2D eigenvalue weighted by molar-refractivity contribution is 0.436. The van der Waals surface area contributed by atoms with Crippen LogP contribution in [0.25, 0.3) is 0 Å². The van der Waals surface area contributed by atoms with Crippen LogP contribution >= 0.6 is 0 Å². The summed E-state index contributed by atoms with van der Waals surface area (Å²) in [5, 5.41) is 0. The highest BCUT2D eigenvalue weighted by molar-refractivity contribution is 5.37. The second-order valence-electron chi connectivity index (χ2n) is 4.13. The minimum absolute atomic E-state index is 0.862. The third-order valence-corrected chi connectivity index (χ3v) is 2.87. The van der Waals surface area contributed by atoms with Crippen LogP contribution in [0.3, 0.4) is 0 Å². The van der Waals surface area contributed by atoms with Crippen LogP contribution in [-0.2, 0) is 0 Å². The minimum atomic E-state index is 0.862. The van der Waals surface area contributed by atoms with Gasteiger partial charge >= 0.3 is 0 Å². The topological polar surface area (TPSA) is 29.0 Å². The van der Waals surface area contributed by atoms with Gasteiger partial charge in [-0.25, -0.2) is 9.97 Å². The number of anilines is 1. The van der Waals surface area contributed by atoms with Gasteiger partial charge in [0.15, 0.2) is 0 Å². The van der Waals surface area contributed by atoms with Crippen molar-refractivity contribution in [2.75, 3.05) is 18.0 Å². The van der Waals surface area contributed by atoms with Gasteiger partial charge in [-0.2, -0.15) is 0 Å². The summed E-state index contributed by atoms with van der Waals surface area (Å²) in [5.41, 5.74) is 0. The van der Waals surface area contributed by atoms with E-state index < -0.39 is 0 Å². The summed E-state index contributed by atoms with van der Waals surface area (Å²) < 4.78 is 0. The Bertz CT molecular complexity index is 303. The third-order valence-electron chi connectivity index (χ3n) is 2.87. The van der Waals surface area contributed by atoms with E-state index in [1.165, 1.54) is 12.8 Å². The number of hydrogen-bond acceptors (Lipinski definition) is 3. The fourth-order valence-corrected chi connectivity index (χ4v) is 1.86. The summed E-state index contributed by atoms with van der Waals surface area (Å²) in [6.07, 6.45) is 4.40. The Morgan fingerprint density at radius 3 is 2.71 bits per heavy atom. The number of hydrogen-bond donors (Lipinski definition) is 0. The lowest BCUT2D eigenvalue weighted by atomic mass is 9.99. The highest BCUT2D eigenvalue weighted by Gasteiger charge is 2.16. The maximum Gasteiger partial charge on any atom is 0.132 e. The lowest BCUT2D eigenvalue weighted by Gasteiger charge is -2.31. The van der Waals surface area contributed by atoms with Crippen molar-refractivity contribution in [2.45, 2.75) is 26.7 Å². The van der Waals surface area contributed by atoms with Crippen molar-refractivity contribution in [3.63, 3.8) is 0 Å². The van der Waals surface area contributed by atoms with E-state index in [0.717, 1.165) is 30.6 Å². The van der Waals surface area contributed by atoms with Crippen LogP contribution in [0.5, 0.6) is 0 Å². The molecule has 0 saturated carbocycles. The normalized spacial score (nSPS) is 18.6. The molecule has 1 aromatic heterocycles. The van der Waals surface area contributed by atoms with Gasteiger partial charge in [-0.1, -0.05) is 6.92 Å². The molecule has 0 spiro atoms. The first-order valence-electron chi connectivity index (χ1n) is 5.30. The minimum Gasteiger partial charge on any atom is -0.356 e. The molecule has 1 saturated heterocycles. The van der Waals surface area contributed by atoms with E-state index in [9.17, 15) is 0 Å². The molecule has 14 heavy (non-hydrogen) atoms. The Hall–Kier alpha value is -1.12. The Morgan fingerprint density at radius 1 is 1.36 bits per heavy atom. The van der Waals surface area contributed by atoms with Gasteiger partial charge in [0.2, 0.25) is 0 Å². The zero-order valence-electron chi connectivity index (χ0n) is 8.90. The van der Waals surface area contributed by atoms with Gasteiger partial charge in [0, 0.05) is 19.3 Å². The average Bonchev–Trinajstić information content (AvgIpc) is 2.19. The first-order chi connectivity index (χ1) is 6.75. The van der Waals surface area contributed by atoms with Gasteiger partial charge < -0.3 is 4.90 Å². The quantitative estimate of drug-likeness (QED) is 0.680. The van der Waals surface area contributed by atoms with Gasteiger partial charge in [-0.3, -0.25) is 0 Å². The molecule has 0 N–H and O–H groups in total. The van der Waals surface area contributed by atoms with E-state index in [4.69, 9.17) is 0 Å². The Kier molecular flexibility index (Phi) is 2.66. The third kappa shape index (κ3) is 2.03. The van der Waals surface area contributed by atoms with E-state index in [1.807, 2.05) is 19.2 Å². The molecule has 0 atom stereocenters. The van der Waals surface area contributed by atoms with Crippen molar-refractivity contribution in [1.82, 2.24) is 9.97 Å². The van der Waals surface area contributed by atoms with E-state index in [0.29, 0.717) is 0 Å². The summed E-state index contributed by atoms with van der Waals surface area (Å²) in [6.45, 7) is 6.54. The number of nitrogens with zero attached hydrogens (tertiary/aromatic N) is 3. The molecule has 1 aromatic rings. The van der Waals surface area contributed by atoms with Crippen molar-refractivity contribution in [1.29, 1.82) is 0 Å². The van der Waals surface area contributed by atoms with Crippen molar-refractivity contribution in [2.24, 2.45) is 5.92 Å². The van der Waals surface area contributed by atoms with Gasteiger partial charge in [0.25, 0.3) is 0 Å². The fourth-order valence-electron chi connectivity index (χ4n) is 1.86.